The van der Waals surface area contributed by atoms with Gasteiger partial charge in [0.15, 0.2) is 5.11 Å². The highest BCUT2D eigenvalue weighted by Gasteiger charge is 2.21. The van der Waals surface area contributed by atoms with Gasteiger partial charge >= 0.3 is 5.97 Å². The van der Waals surface area contributed by atoms with Crippen LogP contribution < -0.4 is 10.6 Å². The molecular formula is C15H15N3O4S2. The maximum atomic E-state index is 11.9. The van der Waals surface area contributed by atoms with E-state index in [1.54, 1.807) is 18.2 Å². The van der Waals surface area contributed by atoms with E-state index in [1.165, 1.54) is 24.5 Å². The molecule has 0 bridgehead atoms. The molecule has 7 nitrogen and oxygen atoms in total. The van der Waals surface area contributed by atoms with Gasteiger partial charge in [0.05, 0.1) is 17.6 Å². The van der Waals surface area contributed by atoms with Crippen LogP contribution in [-0.4, -0.2) is 23.1 Å². The summed E-state index contributed by atoms with van der Waals surface area (Å²) in [6, 6.07) is 6.17. The Labute approximate surface area is 147 Å². The molecule has 0 aliphatic heterocycles. The Bertz CT molecular complexity index is 817. The van der Waals surface area contributed by atoms with E-state index in [2.05, 4.69) is 10.6 Å². The molecule has 0 spiro atoms. The molecule has 24 heavy (non-hydrogen) atoms. The molecule has 0 fully saturated rings. The van der Waals surface area contributed by atoms with Crippen LogP contribution in [-0.2, 0) is 4.74 Å². The summed E-state index contributed by atoms with van der Waals surface area (Å²) in [5.41, 5.74) is 1.40. The van der Waals surface area contributed by atoms with Crippen molar-refractivity contribution in [3.63, 3.8) is 0 Å². The van der Waals surface area contributed by atoms with Crippen molar-refractivity contribution in [1.29, 1.82) is 0 Å². The standard InChI is InChI=1S/C15H15N3O4S2/c1-8-9(2)24-13(12(8)14(19)22-3)17-15(23)16-10-6-4-5-7-11(10)18(20)21/h4-7H,1-3H3,(H2,16,17,23). The zero-order chi connectivity index (χ0) is 17.9. The number of ether oxygens (including phenoxy) is 1. The number of aryl methyl sites for hydroxylation is 1. The topological polar surface area (TPSA) is 93.5 Å². The summed E-state index contributed by atoms with van der Waals surface area (Å²) in [6.07, 6.45) is 0. The second kappa shape index (κ2) is 7.37. The fourth-order valence-electron chi connectivity index (χ4n) is 2.06. The summed E-state index contributed by atoms with van der Waals surface area (Å²) in [7, 11) is 1.31. The van der Waals surface area contributed by atoms with E-state index in [-0.39, 0.29) is 16.5 Å². The van der Waals surface area contributed by atoms with Crippen LogP contribution in [0.25, 0.3) is 0 Å². The summed E-state index contributed by atoms with van der Waals surface area (Å²) in [5, 5.41) is 17.4. The van der Waals surface area contributed by atoms with Crippen molar-refractivity contribution in [2.75, 3.05) is 17.7 Å². The molecule has 1 aromatic carbocycles. The van der Waals surface area contributed by atoms with Gasteiger partial charge in [-0.25, -0.2) is 4.79 Å². The van der Waals surface area contributed by atoms with Crippen molar-refractivity contribution in [2.24, 2.45) is 0 Å². The van der Waals surface area contributed by atoms with Crippen LogP contribution in [0.3, 0.4) is 0 Å². The van der Waals surface area contributed by atoms with Crippen LogP contribution in [0.4, 0.5) is 16.4 Å². The number of hydrogen-bond acceptors (Lipinski definition) is 6. The first-order valence-electron chi connectivity index (χ1n) is 6.84. The molecule has 0 unspecified atom stereocenters. The molecule has 2 rings (SSSR count). The SMILES string of the molecule is COC(=O)c1c(NC(=S)Nc2ccccc2[N+](=O)[O-])sc(C)c1C. The third kappa shape index (κ3) is 3.69. The molecular weight excluding hydrogens is 350 g/mol. The Hall–Kier alpha value is -2.52. The molecule has 2 aromatic rings. The lowest BCUT2D eigenvalue weighted by atomic mass is 10.1. The predicted molar refractivity (Wildman–Crippen MR) is 98.1 cm³/mol. The lowest BCUT2D eigenvalue weighted by Gasteiger charge is -2.11. The number of thiocarbonyl (C=S) groups is 1. The summed E-state index contributed by atoms with van der Waals surface area (Å²) in [6.45, 7) is 3.71. The minimum absolute atomic E-state index is 0.0895. The monoisotopic (exact) mass is 365 g/mol. The highest BCUT2D eigenvalue weighted by molar-refractivity contribution is 7.80. The number of nitro groups is 1. The van der Waals surface area contributed by atoms with Gasteiger partial charge in [0.25, 0.3) is 5.69 Å². The van der Waals surface area contributed by atoms with Gasteiger partial charge in [-0.15, -0.1) is 11.3 Å². The van der Waals surface area contributed by atoms with E-state index in [1.807, 2.05) is 13.8 Å². The molecule has 126 valence electrons. The fraction of sp³-hybridized carbons (Fsp3) is 0.200. The molecule has 1 heterocycles. The number of nitro benzene ring substituents is 1. The van der Waals surface area contributed by atoms with Crippen LogP contribution in [0, 0.1) is 24.0 Å². The zero-order valence-electron chi connectivity index (χ0n) is 13.2. The second-order valence-corrected chi connectivity index (χ2v) is 6.47. The zero-order valence-corrected chi connectivity index (χ0v) is 14.8. The van der Waals surface area contributed by atoms with Gasteiger partial charge in [-0.1, -0.05) is 12.1 Å². The number of rotatable bonds is 4. The van der Waals surface area contributed by atoms with E-state index >= 15 is 0 Å². The van der Waals surface area contributed by atoms with E-state index < -0.39 is 10.9 Å². The number of esters is 1. The molecule has 0 radical (unpaired) electrons. The van der Waals surface area contributed by atoms with Crippen LogP contribution in [0.5, 0.6) is 0 Å². The van der Waals surface area contributed by atoms with Crippen LogP contribution >= 0.6 is 23.6 Å². The van der Waals surface area contributed by atoms with Crippen LogP contribution in [0.2, 0.25) is 0 Å². The number of para-hydroxylation sites is 2. The number of benzene rings is 1. The first-order chi connectivity index (χ1) is 11.3. The molecule has 2 N–H and O–H groups in total. The Balaban J connectivity index is 2.24. The quantitative estimate of drug-likeness (QED) is 0.368. The van der Waals surface area contributed by atoms with Gasteiger partial charge in [0, 0.05) is 10.9 Å². The van der Waals surface area contributed by atoms with Gasteiger partial charge in [-0.3, -0.25) is 10.1 Å². The highest BCUT2D eigenvalue weighted by Crippen LogP contribution is 2.33. The molecule has 1 aromatic heterocycles. The normalized spacial score (nSPS) is 10.1. The summed E-state index contributed by atoms with van der Waals surface area (Å²) < 4.78 is 4.80. The number of nitrogens with one attached hydrogen (secondary N) is 2. The number of thiophene rings is 1. The maximum Gasteiger partial charge on any atom is 0.341 e. The first-order valence-corrected chi connectivity index (χ1v) is 8.07. The van der Waals surface area contributed by atoms with Crippen molar-refractivity contribution < 1.29 is 14.5 Å². The maximum absolute atomic E-state index is 11.9. The van der Waals surface area contributed by atoms with Crippen LogP contribution in [0.15, 0.2) is 24.3 Å². The number of methoxy groups -OCH3 is 1. The first kappa shape index (κ1) is 17.8. The summed E-state index contributed by atoms with van der Waals surface area (Å²) in [5.74, 6) is -0.465. The van der Waals surface area contributed by atoms with Crippen molar-refractivity contribution >= 4 is 51.0 Å². The van der Waals surface area contributed by atoms with Crippen LogP contribution in [0.1, 0.15) is 20.8 Å². The van der Waals surface area contributed by atoms with E-state index in [0.717, 1.165) is 10.4 Å². The van der Waals surface area contributed by atoms with Crippen molar-refractivity contribution in [3.8, 4) is 0 Å². The average molecular weight is 365 g/mol. The third-order valence-electron chi connectivity index (χ3n) is 3.35. The predicted octanol–water partition coefficient (Wildman–Crippen LogP) is 3.87. The molecule has 9 heteroatoms. The number of nitrogens with zero attached hydrogens (tertiary/aromatic N) is 1. The Morgan fingerprint density at radius 1 is 1.29 bits per heavy atom. The van der Waals surface area contributed by atoms with Crippen molar-refractivity contribution in [1.82, 2.24) is 0 Å². The number of carbonyl (C=O) groups is 1. The average Bonchev–Trinajstić information content (AvgIpc) is 2.81. The highest BCUT2D eigenvalue weighted by atomic mass is 32.1. The third-order valence-corrected chi connectivity index (χ3v) is 4.68. The fourth-order valence-corrected chi connectivity index (χ4v) is 3.39. The molecule has 0 amide bonds. The Morgan fingerprint density at radius 2 is 1.96 bits per heavy atom. The second-order valence-electron chi connectivity index (χ2n) is 4.83. The van der Waals surface area contributed by atoms with Gasteiger partial charge in [-0.2, -0.15) is 0 Å². The van der Waals surface area contributed by atoms with E-state index in [9.17, 15) is 14.9 Å². The van der Waals surface area contributed by atoms with Gasteiger partial charge in [-0.05, 0) is 37.7 Å². The molecule has 0 saturated heterocycles. The van der Waals surface area contributed by atoms with E-state index in [0.29, 0.717) is 10.6 Å². The lowest BCUT2D eigenvalue weighted by molar-refractivity contribution is -0.383. The summed E-state index contributed by atoms with van der Waals surface area (Å²) in [4.78, 5) is 23.4. The number of carbonyl (C=O) groups excluding carboxylic acids is 1. The largest absolute Gasteiger partial charge is 0.465 e. The molecule has 0 aliphatic carbocycles. The van der Waals surface area contributed by atoms with Crippen molar-refractivity contribution in [3.05, 3.63) is 50.4 Å². The van der Waals surface area contributed by atoms with Gasteiger partial charge < -0.3 is 15.4 Å². The molecule has 0 aliphatic rings. The number of hydrogen-bond donors (Lipinski definition) is 2. The van der Waals surface area contributed by atoms with Gasteiger partial charge in [0.2, 0.25) is 0 Å². The van der Waals surface area contributed by atoms with Crippen molar-refractivity contribution in [2.45, 2.75) is 13.8 Å². The Morgan fingerprint density at radius 3 is 2.58 bits per heavy atom. The van der Waals surface area contributed by atoms with Gasteiger partial charge in [0.1, 0.15) is 10.7 Å². The number of anilines is 2. The summed E-state index contributed by atoms with van der Waals surface area (Å²) >= 11 is 6.57. The lowest BCUT2D eigenvalue weighted by Crippen LogP contribution is -2.20. The molecule has 0 atom stereocenters. The smallest absolute Gasteiger partial charge is 0.341 e. The van der Waals surface area contributed by atoms with E-state index in [4.69, 9.17) is 17.0 Å². The minimum Gasteiger partial charge on any atom is -0.465 e. The minimum atomic E-state index is -0.496. The Kier molecular flexibility index (Phi) is 5.47. The molecule has 0 saturated carbocycles.